The number of piperidine rings is 1. The Morgan fingerprint density at radius 1 is 1.08 bits per heavy atom. The first-order valence-corrected chi connectivity index (χ1v) is 12.8. The van der Waals surface area contributed by atoms with Gasteiger partial charge in [-0.1, -0.05) is 6.07 Å². The topological polar surface area (TPSA) is 110 Å². The Kier molecular flexibility index (Phi) is 7.65. The molecule has 0 spiro atoms. The molecule has 0 aliphatic carbocycles. The summed E-state index contributed by atoms with van der Waals surface area (Å²) in [6.07, 6.45) is 6.02. The molecule has 2 aromatic carbocycles. The summed E-state index contributed by atoms with van der Waals surface area (Å²) < 4.78 is 12.3. The Balaban J connectivity index is 1.36. The summed E-state index contributed by atoms with van der Waals surface area (Å²) in [6, 6.07) is 15.3. The van der Waals surface area contributed by atoms with E-state index in [-0.39, 0.29) is 11.9 Å². The van der Waals surface area contributed by atoms with Crippen LogP contribution >= 0.6 is 0 Å². The van der Waals surface area contributed by atoms with Gasteiger partial charge in [0.1, 0.15) is 42.6 Å². The molecule has 1 aliphatic heterocycles. The molecule has 1 amide bonds. The van der Waals surface area contributed by atoms with Crippen molar-refractivity contribution in [2.75, 3.05) is 25.1 Å². The number of aliphatic hydroxyl groups is 1. The number of hydrogen-bond donors (Lipinski definition) is 2. The number of aromatic nitrogens is 3. The van der Waals surface area contributed by atoms with Crippen molar-refractivity contribution in [2.24, 2.45) is 0 Å². The lowest BCUT2D eigenvalue weighted by molar-refractivity contribution is -0.138. The lowest BCUT2D eigenvalue weighted by Gasteiger charge is -2.35. The normalized spacial score (nSPS) is 15.3. The number of carbonyl (C=O) groups excluding carboxylic acids is 1. The molecule has 3 heterocycles. The number of ether oxygens (including phenoxy) is 2. The number of rotatable bonds is 8. The highest BCUT2D eigenvalue weighted by molar-refractivity contribution is 5.95. The van der Waals surface area contributed by atoms with Crippen molar-refractivity contribution in [3.05, 3.63) is 72.3 Å². The number of nitrogens with one attached hydrogen (secondary N) is 1. The van der Waals surface area contributed by atoms with Crippen LogP contribution < -0.4 is 14.8 Å². The van der Waals surface area contributed by atoms with Crippen LogP contribution in [-0.4, -0.2) is 56.7 Å². The van der Waals surface area contributed by atoms with Crippen molar-refractivity contribution < 1.29 is 19.4 Å². The summed E-state index contributed by atoms with van der Waals surface area (Å²) in [4.78, 5) is 27.1. The van der Waals surface area contributed by atoms with Gasteiger partial charge in [-0.25, -0.2) is 9.97 Å². The molecule has 2 N–H and O–H groups in total. The fraction of sp³-hybridized carbons (Fsp3) is 0.310. The molecule has 0 saturated carbocycles. The van der Waals surface area contributed by atoms with Crippen molar-refractivity contribution in [3.8, 4) is 17.2 Å². The van der Waals surface area contributed by atoms with Gasteiger partial charge < -0.3 is 24.8 Å². The molecular weight excluding hydrogens is 482 g/mol. The molecule has 1 saturated heterocycles. The van der Waals surface area contributed by atoms with E-state index >= 15 is 0 Å². The third kappa shape index (κ3) is 5.68. The van der Waals surface area contributed by atoms with E-state index in [1.807, 2.05) is 62.4 Å². The summed E-state index contributed by atoms with van der Waals surface area (Å²) in [5.41, 5.74) is 3.48. The minimum Gasteiger partial charge on any atom is -0.491 e. The van der Waals surface area contributed by atoms with Crippen molar-refractivity contribution >= 4 is 28.3 Å². The van der Waals surface area contributed by atoms with Crippen LogP contribution in [0.5, 0.6) is 17.2 Å². The smallest absolute Gasteiger partial charge is 0.248 e. The average Bonchev–Trinajstić information content (AvgIpc) is 2.94. The summed E-state index contributed by atoms with van der Waals surface area (Å²) >= 11 is 0. The Morgan fingerprint density at radius 2 is 1.97 bits per heavy atom. The van der Waals surface area contributed by atoms with Gasteiger partial charge in [-0.05, 0) is 81.1 Å². The van der Waals surface area contributed by atoms with Crippen molar-refractivity contribution in [2.45, 2.75) is 39.2 Å². The van der Waals surface area contributed by atoms with Gasteiger partial charge in [0.05, 0.1) is 23.1 Å². The maximum atomic E-state index is 12.2. The molecule has 38 heavy (non-hydrogen) atoms. The largest absolute Gasteiger partial charge is 0.491 e. The monoisotopic (exact) mass is 513 g/mol. The van der Waals surface area contributed by atoms with Gasteiger partial charge in [-0.3, -0.25) is 9.78 Å². The molecule has 5 rings (SSSR count). The molecule has 0 unspecified atom stereocenters. The predicted octanol–water partition coefficient (Wildman–Crippen LogP) is 4.93. The SMILES string of the molecule is Cc1ccc(Oc2ccc(Nc3ncnc4cccc(OC[C@@H]5CCCCN5C(=O)CO)c34)cc2C)cn1. The van der Waals surface area contributed by atoms with Gasteiger partial charge in [0.15, 0.2) is 0 Å². The van der Waals surface area contributed by atoms with E-state index in [9.17, 15) is 9.90 Å². The second-order valence-corrected chi connectivity index (χ2v) is 9.42. The van der Waals surface area contributed by atoms with Gasteiger partial charge in [0, 0.05) is 17.9 Å². The predicted molar refractivity (Wildman–Crippen MR) is 145 cm³/mol. The highest BCUT2D eigenvalue weighted by atomic mass is 16.5. The molecule has 4 aromatic rings. The maximum Gasteiger partial charge on any atom is 0.248 e. The molecule has 0 bridgehead atoms. The Bertz CT molecular complexity index is 1420. The number of carbonyl (C=O) groups is 1. The standard InChI is InChI=1S/C29H31N5O4/c1-19-14-21(10-12-25(19)38-23-11-9-20(2)30-15-23)33-29-28-24(31-18-32-29)7-5-8-26(28)37-17-22-6-3-4-13-34(22)27(36)16-35/h5,7-12,14-15,18,22,35H,3-4,6,13,16-17H2,1-2H3,(H,31,32,33)/t22-/m0/s1. The number of benzene rings is 2. The second-order valence-electron chi connectivity index (χ2n) is 9.42. The van der Waals surface area contributed by atoms with Crippen LogP contribution in [0.25, 0.3) is 10.9 Å². The van der Waals surface area contributed by atoms with Crippen molar-refractivity contribution in [1.82, 2.24) is 19.9 Å². The number of fused-ring (bicyclic) bond motifs is 1. The van der Waals surface area contributed by atoms with E-state index in [1.54, 1.807) is 11.1 Å². The lowest BCUT2D eigenvalue weighted by Crippen LogP contribution is -2.47. The van der Waals surface area contributed by atoms with Gasteiger partial charge in [0.25, 0.3) is 0 Å². The van der Waals surface area contributed by atoms with Crippen LogP contribution in [0.4, 0.5) is 11.5 Å². The quantitative estimate of drug-likeness (QED) is 0.341. The zero-order valence-electron chi connectivity index (χ0n) is 21.6. The summed E-state index contributed by atoms with van der Waals surface area (Å²) in [5.74, 6) is 2.42. The molecule has 196 valence electrons. The third-order valence-corrected chi connectivity index (χ3v) is 6.69. The van der Waals surface area contributed by atoms with E-state index in [2.05, 4.69) is 20.3 Å². The zero-order valence-corrected chi connectivity index (χ0v) is 21.6. The number of amides is 1. The number of aryl methyl sites for hydroxylation is 2. The molecule has 0 radical (unpaired) electrons. The van der Waals surface area contributed by atoms with Crippen LogP contribution in [-0.2, 0) is 4.79 Å². The minimum absolute atomic E-state index is 0.0846. The Morgan fingerprint density at radius 3 is 2.76 bits per heavy atom. The number of likely N-dealkylation sites (tertiary alicyclic amines) is 1. The fourth-order valence-electron chi connectivity index (χ4n) is 4.69. The van der Waals surface area contributed by atoms with E-state index in [0.717, 1.165) is 52.9 Å². The van der Waals surface area contributed by atoms with Crippen molar-refractivity contribution in [1.29, 1.82) is 0 Å². The van der Waals surface area contributed by atoms with Crippen LogP contribution in [0.2, 0.25) is 0 Å². The first-order chi connectivity index (χ1) is 18.5. The maximum absolute atomic E-state index is 12.2. The first-order valence-electron chi connectivity index (χ1n) is 12.8. The van der Waals surface area contributed by atoms with Gasteiger partial charge in [-0.15, -0.1) is 0 Å². The summed E-state index contributed by atoms with van der Waals surface area (Å²) in [5, 5.41) is 13.5. The Labute approximate surface area is 221 Å². The minimum atomic E-state index is -0.488. The zero-order chi connectivity index (χ0) is 26.5. The number of anilines is 2. The number of pyridine rings is 1. The molecular formula is C29H31N5O4. The molecule has 1 fully saturated rings. The number of hydrogen-bond acceptors (Lipinski definition) is 8. The van der Waals surface area contributed by atoms with Gasteiger partial charge in [0.2, 0.25) is 5.91 Å². The van der Waals surface area contributed by atoms with Gasteiger partial charge in [-0.2, -0.15) is 0 Å². The van der Waals surface area contributed by atoms with Crippen LogP contribution in [0.15, 0.2) is 61.1 Å². The average molecular weight is 514 g/mol. The van der Waals surface area contributed by atoms with Gasteiger partial charge >= 0.3 is 0 Å². The number of nitrogens with zero attached hydrogens (tertiary/aromatic N) is 4. The lowest BCUT2D eigenvalue weighted by atomic mass is 10.0. The van der Waals surface area contributed by atoms with E-state index < -0.39 is 6.61 Å². The highest BCUT2D eigenvalue weighted by Gasteiger charge is 2.27. The molecule has 1 atom stereocenters. The summed E-state index contributed by atoms with van der Waals surface area (Å²) in [7, 11) is 0. The fourth-order valence-corrected chi connectivity index (χ4v) is 4.69. The van der Waals surface area contributed by atoms with E-state index in [4.69, 9.17) is 9.47 Å². The Hall–Kier alpha value is -4.24. The van der Waals surface area contributed by atoms with Crippen LogP contribution in [0.1, 0.15) is 30.5 Å². The molecule has 9 nitrogen and oxygen atoms in total. The van der Waals surface area contributed by atoms with Crippen LogP contribution in [0, 0.1) is 13.8 Å². The summed E-state index contributed by atoms with van der Waals surface area (Å²) in [6.45, 7) is 4.40. The van der Waals surface area contributed by atoms with Crippen LogP contribution in [0.3, 0.4) is 0 Å². The number of aliphatic hydroxyl groups excluding tert-OH is 1. The first kappa shape index (κ1) is 25.4. The second kappa shape index (κ2) is 11.4. The molecule has 9 heteroatoms. The van der Waals surface area contributed by atoms with Crippen molar-refractivity contribution in [3.63, 3.8) is 0 Å². The van der Waals surface area contributed by atoms with E-state index in [1.165, 1.54) is 6.33 Å². The van der Waals surface area contributed by atoms with E-state index in [0.29, 0.717) is 30.5 Å². The highest BCUT2D eigenvalue weighted by Crippen LogP contribution is 2.34. The third-order valence-electron chi connectivity index (χ3n) is 6.69. The molecule has 1 aliphatic rings. The molecule has 2 aromatic heterocycles.